The van der Waals surface area contributed by atoms with Crippen LogP contribution in [0.1, 0.15) is 22.8 Å². The third-order valence-corrected chi connectivity index (χ3v) is 5.79. The number of fused-ring (bicyclic) bond motifs is 3. The maximum atomic E-state index is 5.99. The molecule has 3 heterocycles. The normalized spacial score (nSPS) is 11.2. The van der Waals surface area contributed by atoms with Crippen molar-refractivity contribution >= 4 is 21.9 Å². The molecule has 0 aliphatic heterocycles. The molecular weight excluding hydrogens is 587 g/mol. The Hall–Kier alpha value is -3.05. The molecular formula is C24H22N4O3Pt. The van der Waals surface area contributed by atoms with Gasteiger partial charge in [-0.1, -0.05) is 12.1 Å². The van der Waals surface area contributed by atoms with Crippen molar-refractivity contribution in [1.29, 1.82) is 0 Å². The van der Waals surface area contributed by atoms with Crippen LogP contribution in [0.3, 0.4) is 0 Å². The van der Waals surface area contributed by atoms with Gasteiger partial charge in [0.1, 0.15) is 0 Å². The van der Waals surface area contributed by atoms with Gasteiger partial charge in [-0.25, -0.2) is 9.97 Å². The maximum absolute atomic E-state index is 5.99. The van der Waals surface area contributed by atoms with Crippen LogP contribution in [0.2, 0.25) is 0 Å². The Kier molecular flexibility index (Phi) is 5.63. The van der Waals surface area contributed by atoms with Crippen LogP contribution in [0.4, 0.5) is 0 Å². The van der Waals surface area contributed by atoms with Gasteiger partial charge in [-0.05, 0) is 38.9 Å². The number of hydrogen-bond acceptors (Lipinski definition) is 5. The quantitative estimate of drug-likeness (QED) is 0.253. The van der Waals surface area contributed by atoms with Crippen LogP contribution < -0.4 is 9.47 Å². The van der Waals surface area contributed by atoms with E-state index < -0.39 is 0 Å². The van der Waals surface area contributed by atoms with Gasteiger partial charge in [0.25, 0.3) is 12.0 Å². The van der Waals surface area contributed by atoms with Crippen molar-refractivity contribution in [2.45, 2.75) is 27.7 Å². The topological polar surface area (TPSA) is 67.2 Å². The molecule has 0 atom stereocenters. The molecule has 0 amide bonds. The molecule has 0 aliphatic rings. The van der Waals surface area contributed by atoms with Crippen molar-refractivity contribution in [3.8, 4) is 23.5 Å². The van der Waals surface area contributed by atoms with Crippen LogP contribution in [0.5, 0.6) is 23.5 Å². The summed E-state index contributed by atoms with van der Waals surface area (Å²) in [6, 6.07) is 15.0. The minimum atomic E-state index is 0. The average molecular weight is 610 g/mol. The fraction of sp³-hybridized carbons (Fsp3) is 0.250. The predicted molar refractivity (Wildman–Crippen MR) is 117 cm³/mol. The SMILES string of the molecule is Cc1nc(Oc2[c-]c3c(cc2)oc2ccc(Oc4nc(C)c(C)n4C)[c-]c23)n(C)c1C.[Pt+2]. The number of hydrogen-bond donors (Lipinski definition) is 0. The Bertz CT molecular complexity index is 1350. The van der Waals surface area contributed by atoms with Gasteiger partial charge in [-0.3, -0.25) is 0 Å². The summed E-state index contributed by atoms with van der Waals surface area (Å²) in [4.78, 5) is 8.95. The van der Waals surface area contributed by atoms with Gasteiger partial charge in [0.15, 0.2) is 0 Å². The van der Waals surface area contributed by atoms with E-state index in [1.807, 2.05) is 75.2 Å². The first-order valence-corrected chi connectivity index (χ1v) is 9.98. The predicted octanol–water partition coefficient (Wildman–Crippen LogP) is 5.47. The Morgan fingerprint density at radius 2 is 1.12 bits per heavy atom. The van der Waals surface area contributed by atoms with E-state index in [9.17, 15) is 0 Å². The third kappa shape index (κ3) is 3.60. The number of furan rings is 1. The second-order valence-corrected chi connectivity index (χ2v) is 7.68. The van der Waals surface area contributed by atoms with Gasteiger partial charge >= 0.3 is 21.1 Å². The van der Waals surface area contributed by atoms with Gasteiger partial charge in [-0.15, -0.1) is 24.3 Å². The first-order valence-electron chi connectivity index (χ1n) is 9.98. The first-order chi connectivity index (χ1) is 14.8. The van der Waals surface area contributed by atoms with E-state index in [0.29, 0.717) is 34.7 Å². The molecule has 0 saturated carbocycles. The average Bonchev–Trinajstić information content (AvgIpc) is 3.32. The second-order valence-electron chi connectivity index (χ2n) is 7.68. The van der Waals surface area contributed by atoms with E-state index >= 15 is 0 Å². The molecule has 8 heteroatoms. The molecule has 0 spiro atoms. The van der Waals surface area contributed by atoms with Crippen molar-refractivity contribution < 1.29 is 35.0 Å². The number of aromatic nitrogens is 4. The summed E-state index contributed by atoms with van der Waals surface area (Å²) in [5.41, 5.74) is 5.38. The summed E-state index contributed by atoms with van der Waals surface area (Å²) in [6.45, 7) is 7.93. The van der Waals surface area contributed by atoms with Gasteiger partial charge in [0.05, 0.1) is 11.4 Å². The monoisotopic (exact) mass is 609 g/mol. The number of rotatable bonds is 4. The Morgan fingerprint density at radius 3 is 1.47 bits per heavy atom. The van der Waals surface area contributed by atoms with Gasteiger partial charge in [0.2, 0.25) is 0 Å². The zero-order chi connectivity index (χ0) is 21.9. The minimum Gasteiger partial charge on any atom is -0.564 e. The number of benzene rings is 2. The van der Waals surface area contributed by atoms with E-state index in [-0.39, 0.29) is 21.1 Å². The van der Waals surface area contributed by atoms with Crippen molar-refractivity contribution in [1.82, 2.24) is 19.1 Å². The van der Waals surface area contributed by atoms with Crippen molar-refractivity contribution in [3.63, 3.8) is 0 Å². The summed E-state index contributed by atoms with van der Waals surface area (Å²) in [5, 5.41) is 1.54. The van der Waals surface area contributed by atoms with Crippen LogP contribution in [0.15, 0.2) is 28.7 Å². The Morgan fingerprint density at radius 1 is 0.719 bits per heavy atom. The summed E-state index contributed by atoms with van der Waals surface area (Å²) >= 11 is 0. The number of imidazole rings is 2. The molecule has 0 unspecified atom stereocenters. The summed E-state index contributed by atoms with van der Waals surface area (Å²) < 4.78 is 21.7. The van der Waals surface area contributed by atoms with Crippen molar-refractivity contribution in [2.75, 3.05) is 0 Å². The smallest absolute Gasteiger partial charge is 0.564 e. The minimum absolute atomic E-state index is 0. The van der Waals surface area contributed by atoms with E-state index in [1.165, 1.54) is 0 Å². The zero-order valence-electron chi connectivity index (χ0n) is 18.6. The van der Waals surface area contributed by atoms with Crippen LogP contribution in [0.25, 0.3) is 21.9 Å². The first kappa shape index (κ1) is 22.2. The fourth-order valence-corrected chi connectivity index (χ4v) is 3.45. The molecule has 0 saturated heterocycles. The van der Waals surface area contributed by atoms with Gasteiger partial charge in [-0.2, -0.15) is 10.8 Å². The van der Waals surface area contributed by atoms with Crippen molar-refractivity contribution in [2.24, 2.45) is 14.1 Å². The molecule has 0 radical (unpaired) electrons. The standard InChI is InChI=1S/C24H22N4O3.Pt/c1-13-15(3)27(5)23(25-13)29-17-7-9-21-19(11-17)20-12-18(8-10-22(20)31-21)30-24-26-14(2)16(4)28(24)6;/h7-10H,1-6H3;/q-2;+2. The van der Waals surface area contributed by atoms with Crippen LogP contribution in [0, 0.1) is 39.8 Å². The molecule has 5 rings (SSSR count). The van der Waals surface area contributed by atoms with Crippen LogP contribution >= 0.6 is 0 Å². The number of aryl methyl sites for hydroxylation is 2. The molecule has 0 N–H and O–H groups in total. The van der Waals surface area contributed by atoms with E-state index in [0.717, 1.165) is 33.5 Å². The molecule has 3 aromatic heterocycles. The van der Waals surface area contributed by atoms with Crippen LogP contribution in [-0.2, 0) is 35.2 Å². The van der Waals surface area contributed by atoms with Gasteiger partial charge in [0, 0.05) is 37.0 Å². The number of nitrogens with zero attached hydrogens (tertiary/aromatic N) is 4. The summed E-state index contributed by atoms with van der Waals surface area (Å²) in [5.74, 6) is 1.11. The van der Waals surface area contributed by atoms with Gasteiger partial charge < -0.3 is 23.0 Å². The Labute approximate surface area is 200 Å². The number of ether oxygens (including phenoxy) is 2. The zero-order valence-corrected chi connectivity index (χ0v) is 20.9. The van der Waals surface area contributed by atoms with E-state index in [4.69, 9.17) is 13.9 Å². The molecule has 0 aliphatic carbocycles. The van der Waals surface area contributed by atoms with E-state index in [1.54, 1.807) is 0 Å². The fourth-order valence-electron chi connectivity index (χ4n) is 3.45. The maximum Gasteiger partial charge on any atom is 2.00 e. The second kappa shape index (κ2) is 8.14. The largest absolute Gasteiger partial charge is 2.00 e. The molecule has 0 fully saturated rings. The molecule has 5 aromatic rings. The molecule has 7 nitrogen and oxygen atoms in total. The molecule has 2 aromatic carbocycles. The molecule has 166 valence electrons. The van der Waals surface area contributed by atoms with Crippen LogP contribution in [-0.4, -0.2) is 19.1 Å². The Balaban J connectivity index is 0.00000245. The molecule has 32 heavy (non-hydrogen) atoms. The molecule has 0 bridgehead atoms. The third-order valence-electron chi connectivity index (χ3n) is 5.79. The summed E-state index contributed by atoms with van der Waals surface area (Å²) in [7, 11) is 3.85. The van der Waals surface area contributed by atoms with Crippen molar-refractivity contribution in [3.05, 3.63) is 59.2 Å². The summed E-state index contributed by atoms with van der Waals surface area (Å²) in [6.07, 6.45) is 0. The van der Waals surface area contributed by atoms with E-state index in [2.05, 4.69) is 22.1 Å².